The fraction of sp³-hybridized carbons (Fsp3) is 0.350. The molecule has 146 valence electrons. The van der Waals surface area contributed by atoms with Crippen LogP contribution in [0.5, 0.6) is 0 Å². The quantitative estimate of drug-likeness (QED) is 0.550. The van der Waals surface area contributed by atoms with Gasteiger partial charge < -0.3 is 4.74 Å². The standard InChI is InChI=1S/C20H25NO4S2/c1-13-18(26-15-8-6-5-7-9-15)16-12-14(10-11-17(16)27(13,23)24)21-19(22)25-20(2,3)4/h5-13,18,23-24H,1-4H3,(H,21,22). The van der Waals surface area contributed by atoms with Crippen molar-refractivity contribution in [3.8, 4) is 0 Å². The summed E-state index contributed by atoms with van der Waals surface area (Å²) >= 11 is 1.60. The number of hydrogen-bond donors (Lipinski definition) is 3. The fourth-order valence-electron chi connectivity index (χ4n) is 2.97. The molecule has 1 amide bonds. The Kier molecular flexibility index (Phi) is 5.49. The van der Waals surface area contributed by atoms with E-state index in [1.165, 1.54) is 0 Å². The minimum atomic E-state index is -2.89. The summed E-state index contributed by atoms with van der Waals surface area (Å²) in [7, 11) is -2.89. The highest BCUT2D eigenvalue weighted by Gasteiger charge is 2.42. The number of rotatable bonds is 3. The first-order valence-corrected chi connectivity index (χ1v) is 11.2. The van der Waals surface area contributed by atoms with Crippen LogP contribution < -0.4 is 5.32 Å². The maximum Gasteiger partial charge on any atom is 0.412 e. The van der Waals surface area contributed by atoms with Crippen LogP contribution >= 0.6 is 22.4 Å². The van der Waals surface area contributed by atoms with Crippen molar-refractivity contribution in [1.29, 1.82) is 0 Å². The molecule has 1 heterocycles. The molecule has 0 fully saturated rings. The fourth-order valence-corrected chi connectivity index (χ4v) is 6.49. The molecule has 0 aromatic heterocycles. The molecule has 1 aliphatic rings. The van der Waals surface area contributed by atoms with Crippen molar-refractivity contribution in [2.45, 2.75) is 53.6 Å². The molecule has 2 aromatic carbocycles. The second-order valence-electron chi connectivity index (χ2n) is 7.53. The summed E-state index contributed by atoms with van der Waals surface area (Å²) < 4.78 is 26.7. The zero-order valence-electron chi connectivity index (χ0n) is 15.8. The largest absolute Gasteiger partial charge is 0.444 e. The highest BCUT2D eigenvalue weighted by atomic mass is 32.3. The molecule has 7 heteroatoms. The van der Waals surface area contributed by atoms with Crippen LogP contribution in [-0.4, -0.2) is 26.0 Å². The average Bonchev–Trinajstić information content (AvgIpc) is 2.75. The lowest BCUT2D eigenvalue weighted by molar-refractivity contribution is 0.0636. The lowest BCUT2D eigenvalue weighted by Gasteiger charge is -2.34. The SMILES string of the molecule is CC1C(Sc2ccccc2)c2cc(NC(=O)OC(C)(C)C)ccc2S1(O)O. The maximum atomic E-state index is 12.1. The van der Waals surface area contributed by atoms with Gasteiger partial charge in [-0.15, -0.1) is 11.8 Å². The number of ether oxygens (including phenoxy) is 1. The molecule has 0 radical (unpaired) electrons. The monoisotopic (exact) mass is 407 g/mol. The van der Waals surface area contributed by atoms with Gasteiger partial charge in [0, 0.05) is 10.6 Å². The second-order valence-corrected chi connectivity index (χ2v) is 11.1. The van der Waals surface area contributed by atoms with Gasteiger partial charge in [0.05, 0.1) is 15.4 Å². The molecule has 2 atom stereocenters. The van der Waals surface area contributed by atoms with Crippen molar-refractivity contribution in [3.63, 3.8) is 0 Å². The van der Waals surface area contributed by atoms with E-state index in [4.69, 9.17) is 4.74 Å². The third-order valence-corrected chi connectivity index (χ3v) is 8.20. The summed E-state index contributed by atoms with van der Waals surface area (Å²) in [6.45, 7) is 7.27. The van der Waals surface area contributed by atoms with E-state index < -0.39 is 22.3 Å². The molecule has 3 rings (SSSR count). The number of carbonyl (C=O) groups excluding carboxylic acids is 1. The van der Waals surface area contributed by atoms with Crippen LogP contribution in [0.1, 0.15) is 38.5 Å². The van der Waals surface area contributed by atoms with Gasteiger partial charge in [0.1, 0.15) is 5.60 Å². The van der Waals surface area contributed by atoms with Crippen molar-refractivity contribution < 1.29 is 18.6 Å². The van der Waals surface area contributed by atoms with Crippen LogP contribution in [0.2, 0.25) is 0 Å². The Labute approximate surface area is 165 Å². The summed E-state index contributed by atoms with van der Waals surface area (Å²) in [6.07, 6.45) is -0.535. The van der Waals surface area contributed by atoms with Crippen LogP contribution in [0, 0.1) is 0 Å². The van der Waals surface area contributed by atoms with E-state index in [1.54, 1.807) is 44.7 Å². The van der Waals surface area contributed by atoms with E-state index in [0.717, 1.165) is 10.5 Å². The Morgan fingerprint density at radius 2 is 1.81 bits per heavy atom. The van der Waals surface area contributed by atoms with Gasteiger partial charge in [0.2, 0.25) is 0 Å². The van der Waals surface area contributed by atoms with E-state index in [1.807, 2.05) is 43.3 Å². The number of fused-ring (bicyclic) bond motifs is 1. The maximum absolute atomic E-state index is 12.1. The first-order chi connectivity index (χ1) is 12.6. The molecular formula is C20H25NO4S2. The Bertz CT molecular complexity index is 834. The number of amides is 1. The van der Waals surface area contributed by atoms with Gasteiger partial charge in [-0.05, 0) is 63.6 Å². The van der Waals surface area contributed by atoms with E-state index >= 15 is 0 Å². The third-order valence-electron chi connectivity index (χ3n) is 4.24. The average molecular weight is 408 g/mol. The first-order valence-electron chi connectivity index (χ1n) is 8.71. The van der Waals surface area contributed by atoms with Gasteiger partial charge in [-0.1, -0.05) is 18.2 Å². The Hall–Kier alpha value is -1.67. The highest BCUT2D eigenvalue weighted by Crippen LogP contribution is 2.67. The van der Waals surface area contributed by atoms with Gasteiger partial charge >= 0.3 is 6.09 Å². The molecule has 0 saturated heterocycles. The van der Waals surface area contributed by atoms with E-state index in [9.17, 15) is 13.9 Å². The lowest BCUT2D eigenvalue weighted by Crippen LogP contribution is -2.27. The molecule has 0 aliphatic carbocycles. The second kappa shape index (κ2) is 7.39. The first kappa shape index (κ1) is 20.1. The molecule has 0 spiro atoms. The number of benzene rings is 2. The van der Waals surface area contributed by atoms with Crippen LogP contribution in [0.4, 0.5) is 10.5 Å². The van der Waals surface area contributed by atoms with Crippen LogP contribution in [0.3, 0.4) is 0 Å². The zero-order valence-corrected chi connectivity index (χ0v) is 17.4. The van der Waals surface area contributed by atoms with Gasteiger partial charge in [0.25, 0.3) is 0 Å². The van der Waals surface area contributed by atoms with Crippen molar-refractivity contribution in [2.24, 2.45) is 0 Å². The van der Waals surface area contributed by atoms with Crippen LogP contribution in [0.15, 0.2) is 58.3 Å². The van der Waals surface area contributed by atoms with E-state index in [-0.39, 0.29) is 10.5 Å². The van der Waals surface area contributed by atoms with Crippen molar-refractivity contribution in [3.05, 3.63) is 54.1 Å². The normalized spacial score (nSPS) is 22.0. The summed E-state index contributed by atoms with van der Waals surface area (Å²) in [5, 5.41) is 2.29. The highest BCUT2D eigenvalue weighted by molar-refractivity contribution is 8.25. The molecule has 2 unspecified atom stereocenters. The minimum Gasteiger partial charge on any atom is -0.444 e. The molecular weight excluding hydrogens is 382 g/mol. The summed E-state index contributed by atoms with van der Waals surface area (Å²) in [5.74, 6) is 0. The third kappa shape index (κ3) is 4.43. The van der Waals surface area contributed by atoms with Gasteiger partial charge in [-0.3, -0.25) is 14.4 Å². The number of thioether (sulfide) groups is 1. The summed E-state index contributed by atoms with van der Waals surface area (Å²) in [5.41, 5.74) is 0.826. The Morgan fingerprint density at radius 3 is 2.44 bits per heavy atom. The molecule has 3 N–H and O–H groups in total. The molecule has 2 aromatic rings. The molecule has 27 heavy (non-hydrogen) atoms. The van der Waals surface area contributed by atoms with Gasteiger partial charge in [-0.25, -0.2) is 4.79 Å². The molecule has 5 nitrogen and oxygen atoms in total. The number of hydrogen-bond acceptors (Lipinski definition) is 5. The predicted octanol–water partition coefficient (Wildman–Crippen LogP) is 6.38. The van der Waals surface area contributed by atoms with Crippen LogP contribution in [-0.2, 0) is 4.74 Å². The van der Waals surface area contributed by atoms with E-state index in [0.29, 0.717) is 10.6 Å². The Morgan fingerprint density at radius 1 is 1.15 bits per heavy atom. The van der Waals surface area contributed by atoms with Crippen LogP contribution in [0.25, 0.3) is 0 Å². The summed E-state index contributed by atoms with van der Waals surface area (Å²) in [6, 6.07) is 15.1. The van der Waals surface area contributed by atoms with Crippen molar-refractivity contribution in [2.75, 3.05) is 5.32 Å². The molecule has 0 bridgehead atoms. The zero-order chi connectivity index (χ0) is 19.8. The number of nitrogens with one attached hydrogen (secondary N) is 1. The smallest absolute Gasteiger partial charge is 0.412 e. The lowest BCUT2D eigenvalue weighted by atomic mass is 10.1. The Balaban J connectivity index is 1.89. The summed E-state index contributed by atoms with van der Waals surface area (Å²) in [4.78, 5) is 13.7. The topological polar surface area (TPSA) is 78.8 Å². The van der Waals surface area contributed by atoms with Crippen molar-refractivity contribution in [1.82, 2.24) is 0 Å². The van der Waals surface area contributed by atoms with Gasteiger partial charge in [-0.2, -0.15) is 10.6 Å². The number of carbonyl (C=O) groups is 1. The van der Waals surface area contributed by atoms with E-state index in [2.05, 4.69) is 5.32 Å². The predicted molar refractivity (Wildman–Crippen MR) is 112 cm³/mol. The van der Waals surface area contributed by atoms with Crippen molar-refractivity contribution >= 4 is 34.1 Å². The molecule has 0 saturated carbocycles. The molecule has 1 aliphatic heterocycles. The number of anilines is 1. The van der Waals surface area contributed by atoms with Gasteiger partial charge in [0.15, 0.2) is 0 Å². The minimum absolute atomic E-state index is 0.118.